The van der Waals surface area contributed by atoms with Crippen LogP contribution in [0.4, 0.5) is 16.2 Å². The molecule has 0 spiro atoms. The molecule has 1 saturated heterocycles. The van der Waals surface area contributed by atoms with Crippen LogP contribution in [0.1, 0.15) is 114 Å². The highest BCUT2D eigenvalue weighted by atomic mass is 35.5. The monoisotopic (exact) mass is 875 g/mol. The molecule has 1 atom stereocenters. The molecule has 302 valence electrons. The summed E-state index contributed by atoms with van der Waals surface area (Å²) in [7, 11) is -4.30. The molecule has 1 heterocycles. The van der Waals surface area contributed by atoms with Gasteiger partial charge in [-0.2, -0.15) is 5.06 Å². The van der Waals surface area contributed by atoms with E-state index in [9.17, 15) is 18.0 Å². The van der Waals surface area contributed by atoms with Gasteiger partial charge in [0.1, 0.15) is 4.90 Å². The Morgan fingerprint density at radius 2 is 1.36 bits per heavy atom. The van der Waals surface area contributed by atoms with Gasteiger partial charge in [-0.1, -0.05) is 124 Å². The number of halogens is 4. The summed E-state index contributed by atoms with van der Waals surface area (Å²) in [5.41, 5.74) is 1.81. The van der Waals surface area contributed by atoms with Crippen molar-refractivity contribution < 1.29 is 32.1 Å². The van der Waals surface area contributed by atoms with Crippen LogP contribution in [0.3, 0.4) is 0 Å². The Labute approximate surface area is 349 Å². The highest BCUT2D eigenvalue weighted by Crippen LogP contribution is 2.42. The Morgan fingerprint density at radius 3 is 1.95 bits per heavy atom. The minimum absolute atomic E-state index is 0.0617. The van der Waals surface area contributed by atoms with Gasteiger partial charge < -0.3 is 4.74 Å². The van der Waals surface area contributed by atoms with Crippen LogP contribution in [0.15, 0.2) is 52.3 Å². The molecule has 1 unspecified atom stereocenters. The van der Waals surface area contributed by atoms with Crippen LogP contribution in [0, 0.1) is 13.8 Å². The zero-order chi connectivity index (χ0) is 40.1. The number of ether oxygens (including phenoxy) is 1. The van der Waals surface area contributed by atoms with E-state index in [-0.39, 0.29) is 26.4 Å². The van der Waals surface area contributed by atoms with E-state index >= 15 is 0 Å². The third-order valence-corrected chi connectivity index (χ3v) is 12.4. The zero-order valence-electron chi connectivity index (χ0n) is 31.6. The van der Waals surface area contributed by atoms with Crippen molar-refractivity contribution >= 4 is 91.8 Å². The van der Waals surface area contributed by atoms with Crippen LogP contribution in [0.5, 0.6) is 0 Å². The summed E-state index contributed by atoms with van der Waals surface area (Å²) in [6.07, 6.45) is 12.0. The summed E-state index contributed by atoms with van der Waals surface area (Å²) in [4.78, 5) is 33.8. The maximum atomic E-state index is 13.8. The van der Waals surface area contributed by atoms with Crippen molar-refractivity contribution in [1.29, 1.82) is 0 Å². The van der Waals surface area contributed by atoms with Crippen LogP contribution in [0.2, 0.25) is 20.1 Å². The number of aryl methyl sites for hydroxylation is 2. The van der Waals surface area contributed by atoms with Gasteiger partial charge in [0.05, 0.1) is 38.5 Å². The van der Waals surface area contributed by atoms with Crippen LogP contribution >= 0.6 is 58.4 Å². The standard InChI is InChI=1S/C39H49Cl4N3O7S2/c1-5-7-9-11-13-15-19-45(20-16-14-12-10-8-6-2)52-53-54-29-21-26(3)36(27(4)22-29)37-38(47)46(39(48)51-37)34-24-32(43)35(25-31(34)42)55(49,50)44-33-18-17-28(40)23-30(33)41/h17-18,21-25,37,44H,5-16,19-20H2,1-4H3. The Morgan fingerprint density at radius 1 is 0.782 bits per heavy atom. The number of anilines is 2. The van der Waals surface area contributed by atoms with E-state index in [1.165, 1.54) is 69.6 Å². The van der Waals surface area contributed by atoms with Gasteiger partial charge in [0, 0.05) is 28.6 Å². The number of carbonyl (C=O) groups excluding carboxylic acids is 2. The zero-order valence-corrected chi connectivity index (χ0v) is 36.3. The van der Waals surface area contributed by atoms with Crippen LogP contribution in [-0.4, -0.2) is 38.6 Å². The average molecular weight is 878 g/mol. The van der Waals surface area contributed by atoms with Crippen molar-refractivity contribution in [1.82, 2.24) is 5.06 Å². The second-order valence-corrected chi connectivity index (χ2v) is 17.6. The van der Waals surface area contributed by atoms with Gasteiger partial charge in [-0.25, -0.2) is 18.1 Å². The predicted octanol–water partition coefficient (Wildman–Crippen LogP) is 12.8. The fraction of sp³-hybridized carbons (Fsp3) is 0.487. The number of benzene rings is 3. The van der Waals surface area contributed by atoms with E-state index < -0.39 is 33.0 Å². The Bertz CT molecular complexity index is 1860. The number of unbranched alkanes of at least 4 members (excludes halogenated alkanes) is 10. The fourth-order valence-corrected chi connectivity index (χ4v) is 9.39. The summed E-state index contributed by atoms with van der Waals surface area (Å²) >= 11 is 26.1. The Hall–Kier alpha value is -2.26. The lowest BCUT2D eigenvalue weighted by molar-refractivity contribution is -0.360. The average Bonchev–Trinajstić information content (AvgIpc) is 3.41. The van der Waals surface area contributed by atoms with Gasteiger partial charge in [-0.15, -0.1) is 9.32 Å². The smallest absolute Gasteiger partial charge is 0.422 e. The lowest BCUT2D eigenvalue weighted by Gasteiger charge is -2.20. The second-order valence-electron chi connectivity index (χ2n) is 13.6. The van der Waals surface area contributed by atoms with Gasteiger partial charge in [0.15, 0.2) is 0 Å². The molecular weight excluding hydrogens is 828 g/mol. The molecule has 0 aromatic heterocycles. The molecule has 2 amide bonds. The number of carbonyl (C=O) groups is 2. The van der Waals surface area contributed by atoms with E-state index in [1.54, 1.807) is 0 Å². The lowest BCUT2D eigenvalue weighted by Crippen LogP contribution is -2.30. The first-order chi connectivity index (χ1) is 26.3. The Balaban J connectivity index is 1.42. The van der Waals surface area contributed by atoms with E-state index in [0.29, 0.717) is 21.7 Å². The molecule has 4 rings (SSSR count). The minimum atomic E-state index is -4.30. The molecule has 0 bridgehead atoms. The SMILES string of the molecule is CCCCCCCCN(CCCCCCCC)OOSc1cc(C)c(C2OC(=O)N(c3cc(Cl)c(S(=O)(=O)Nc4ccc(Cl)cc4Cl)cc3Cl)C2=O)c(C)c1. The van der Waals surface area contributed by atoms with Crippen molar-refractivity contribution in [3.8, 4) is 0 Å². The molecule has 1 N–H and O–H groups in total. The van der Waals surface area contributed by atoms with Gasteiger partial charge in [-0.3, -0.25) is 9.52 Å². The maximum absolute atomic E-state index is 13.8. The third-order valence-electron chi connectivity index (χ3n) is 9.17. The number of hydrogen-bond donors (Lipinski definition) is 1. The number of hydrogen-bond acceptors (Lipinski definition) is 9. The third kappa shape index (κ3) is 12.9. The molecule has 3 aromatic carbocycles. The molecule has 16 heteroatoms. The molecule has 1 fully saturated rings. The van der Waals surface area contributed by atoms with E-state index in [4.69, 9.17) is 60.5 Å². The lowest BCUT2D eigenvalue weighted by atomic mass is 9.97. The summed E-state index contributed by atoms with van der Waals surface area (Å²) in [5, 5.41) is 1.76. The normalized spacial score (nSPS) is 14.6. The maximum Gasteiger partial charge on any atom is 0.422 e. The molecule has 3 aromatic rings. The quantitative estimate of drug-likeness (QED) is 0.0430. The number of hydroxylamine groups is 2. The van der Waals surface area contributed by atoms with Crippen molar-refractivity contribution in [2.24, 2.45) is 0 Å². The van der Waals surface area contributed by atoms with Gasteiger partial charge >= 0.3 is 6.09 Å². The number of sulfonamides is 1. The number of cyclic esters (lactones) is 1. The summed E-state index contributed by atoms with van der Waals surface area (Å²) < 4.78 is 40.1. The van der Waals surface area contributed by atoms with Crippen LogP contribution in [-0.2, 0) is 28.9 Å². The summed E-state index contributed by atoms with van der Waals surface area (Å²) in [5.74, 6) is -0.712. The predicted molar refractivity (Wildman–Crippen MR) is 223 cm³/mol. The molecule has 0 radical (unpaired) electrons. The van der Waals surface area contributed by atoms with Gasteiger partial charge in [0.2, 0.25) is 6.10 Å². The molecule has 0 aliphatic carbocycles. The molecular formula is C39H49Cl4N3O7S2. The molecule has 0 saturated carbocycles. The number of nitrogens with zero attached hydrogens (tertiary/aromatic N) is 2. The van der Waals surface area contributed by atoms with Gasteiger partial charge in [-0.05, 0) is 80.3 Å². The first kappa shape index (κ1) is 45.4. The van der Waals surface area contributed by atoms with E-state index in [1.807, 2.05) is 31.0 Å². The van der Waals surface area contributed by atoms with Crippen molar-refractivity contribution in [2.75, 3.05) is 22.7 Å². The number of imide groups is 1. The topological polar surface area (TPSA) is 114 Å². The Kier molecular flexibility index (Phi) is 18.2. The van der Waals surface area contributed by atoms with Crippen molar-refractivity contribution in [2.45, 2.75) is 121 Å². The van der Waals surface area contributed by atoms with E-state index in [2.05, 4.69) is 18.6 Å². The number of amides is 2. The largest absolute Gasteiger partial charge is 0.430 e. The molecule has 1 aliphatic heterocycles. The highest BCUT2D eigenvalue weighted by molar-refractivity contribution is 7.94. The first-order valence-corrected chi connectivity index (χ1v) is 22.4. The molecule has 55 heavy (non-hydrogen) atoms. The first-order valence-electron chi connectivity index (χ1n) is 18.7. The van der Waals surface area contributed by atoms with Crippen molar-refractivity contribution in [3.05, 3.63) is 79.2 Å². The minimum Gasteiger partial charge on any atom is -0.430 e. The molecule has 10 nitrogen and oxygen atoms in total. The highest BCUT2D eigenvalue weighted by Gasteiger charge is 2.45. The number of rotatable bonds is 23. The fourth-order valence-electron chi connectivity index (χ4n) is 6.30. The second kappa shape index (κ2) is 22.0. The van der Waals surface area contributed by atoms with Crippen molar-refractivity contribution in [3.63, 3.8) is 0 Å². The van der Waals surface area contributed by atoms with Crippen LogP contribution in [0.25, 0.3) is 0 Å². The summed E-state index contributed by atoms with van der Waals surface area (Å²) in [6, 6.07) is 10.1. The number of nitrogens with one attached hydrogen (secondary N) is 1. The van der Waals surface area contributed by atoms with Gasteiger partial charge in [0.25, 0.3) is 15.9 Å². The van der Waals surface area contributed by atoms with Crippen LogP contribution < -0.4 is 9.62 Å². The van der Waals surface area contributed by atoms with E-state index in [0.717, 1.165) is 72.7 Å². The summed E-state index contributed by atoms with van der Waals surface area (Å²) in [6.45, 7) is 9.62. The molecule has 1 aliphatic rings.